The van der Waals surface area contributed by atoms with Gasteiger partial charge in [0.15, 0.2) is 0 Å². The maximum atomic E-state index is 13.7. The number of amides is 1. The Morgan fingerprint density at radius 3 is 2.18 bits per heavy atom. The van der Waals surface area contributed by atoms with Crippen molar-refractivity contribution in [3.63, 3.8) is 0 Å². The Morgan fingerprint density at radius 1 is 0.895 bits per heavy atom. The first kappa shape index (κ1) is 27.2. The van der Waals surface area contributed by atoms with Crippen molar-refractivity contribution < 1.29 is 17.9 Å². The molecule has 4 aromatic rings. The standard InChI is InChI=1S/C30H29ClN2O4S/c1-3-37-27-16-14-26(15-17-27)33(38(35,36)28-18-12-25(31)13-19-28)21-29(34)32-30(23-9-5-4-6-10-23)24-11-7-8-22(2)20-24/h4-20,30H,3,21H2,1-2H3,(H,32,34). The van der Waals surface area contributed by atoms with E-state index in [1.165, 1.54) is 24.3 Å². The number of carbonyl (C=O) groups excluding carboxylic acids is 1. The lowest BCUT2D eigenvalue weighted by Gasteiger charge is -2.26. The molecule has 4 rings (SSSR count). The summed E-state index contributed by atoms with van der Waals surface area (Å²) in [5.41, 5.74) is 3.18. The Labute approximate surface area is 228 Å². The minimum atomic E-state index is -4.09. The number of anilines is 1. The van der Waals surface area contributed by atoms with Crippen LogP contribution in [0.1, 0.15) is 29.7 Å². The van der Waals surface area contributed by atoms with Gasteiger partial charge in [-0.25, -0.2) is 8.42 Å². The Hall–Kier alpha value is -3.81. The predicted molar refractivity (Wildman–Crippen MR) is 151 cm³/mol. The monoisotopic (exact) mass is 548 g/mol. The van der Waals surface area contributed by atoms with Crippen LogP contribution in [0, 0.1) is 6.92 Å². The van der Waals surface area contributed by atoms with Crippen molar-refractivity contribution in [3.05, 3.63) is 125 Å². The number of ether oxygens (including phenoxy) is 1. The zero-order valence-corrected chi connectivity index (χ0v) is 22.7. The normalized spacial score (nSPS) is 12.0. The van der Waals surface area contributed by atoms with E-state index in [1.54, 1.807) is 24.3 Å². The summed E-state index contributed by atoms with van der Waals surface area (Å²) >= 11 is 5.99. The van der Waals surface area contributed by atoms with E-state index in [1.807, 2.05) is 68.4 Å². The molecule has 0 saturated heterocycles. The van der Waals surface area contributed by atoms with Gasteiger partial charge < -0.3 is 10.1 Å². The van der Waals surface area contributed by atoms with Crippen LogP contribution in [0.4, 0.5) is 5.69 Å². The zero-order chi connectivity index (χ0) is 27.1. The van der Waals surface area contributed by atoms with E-state index in [0.29, 0.717) is 23.1 Å². The second-order valence-corrected chi connectivity index (χ2v) is 11.0. The van der Waals surface area contributed by atoms with Gasteiger partial charge in [-0.1, -0.05) is 71.8 Å². The largest absolute Gasteiger partial charge is 0.494 e. The van der Waals surface area contributed by atoms with Crippen molar-refractivity contribution in [2.24, 2.45) is 0 Å². The first-order valence-electron chi connectivity index (χ1n) is 12.2. The molecule has 1 amide bonds. The summed E-state index contributed by atoms with van der Waals surface area (Å²) in [4.78, 5) is 13.5. The van der Waals surface area contributed by atoms with Crippen LogP contribution in [0.25, 0.3) is 0 Å². The van der Waals surface area contributed by atoms with E-state index >= 15 is 0 Å². The van der Waals surface area contributed by atoms with Crippen molar-refractivity contribution in [2.75, 3.05) is 17.5 Å². The third-order valence-corrected chi connectivity index (χ3v) is 7.98. The van der Waals surface area contributed by atoms with Crippen LogP contribution >= 0.6 is 11.6 Å². The molecule has 196 valence electrons. The molecule has 0 spiro atoms. The zero-order valence-electron chi connectivity index (χ0n) is 21.2. The average molecular weight is 549 g/mol. The highest BCUT2D eigenvalue weighted by atomic mass is 35.5. The Bertz CT molecular complexity index is 1480. The molecule has 0 bridgehead atoms. The highest BCUT2D eigenvalue weighted by Gasteiger charge is 2.28. The molecule has 38 heavy (non-hydrogen) atoms. The van der Waals surface area contributed by atoms with Crippen molar-refractivity contribution in [1.82, 2.24) is 5.32 Å². The number of rotatable bonds is 10. The lowest BCUT2D eigenvalue weighted by atomic mass is 9.97. The van der Waals surface area contributed by atoms with Crippen LogP contribution < -0.4 is 14.4 Å². The van der Waals surface area contributed by atoms with Crippen molar-refractivity contribution in [1.29, 1.82) is 0 Å². The summed E-state index contributed by atoms with van der Waals surface area (Å²) in [6.45, 7) is 3.91. The summed E-state index contributed by atoms with van der Waals surface area (Å²) in [5, 5.41) is 3.47. The maximum absolute atomic E-state index is 13.7. The number of hydrogen-bond donors (Lipinski definition) is 1. The molecule has 1 atom stereocenters. The number of carbonyl (C=O) groups is 1. The van der Waals surface area contributed by atoms with Gasteiger partial charge >= 0.3 is 0 Å². The summed E-state index contributed by atoms with van der Waals surface area (Å²) in [6.07, 6.45) is 0. The summed E-state index contributed by atoms with van der Waals surface area (Å²) in [7, 11) is -4.09. The molecule has 0 aliphatic carbocycles. The topological polar surface area (TPSA) is 75.7 Å². The molecule has 0 aliphatic heterocycles. The van der Waals surface area contributed by atoms with Crippen molar-refractivity contribution in [3.8, 4) is 5.75 Å². The number of halogens is 1. The third-order valence-electron chi connectivity index (χ3n) is 5.94. The number of nitrogens with zero attached hydrogens (tertiary/aromatic N) is 1. The van der Waals surface area contributed by atoms with Crippen LogP contribution in [0.3, 0.4) is 0 Å². The van der Waals surface area contributed by atoms with Crippen LogP contribution in [-0.2, 0) is 14.8 Å². The van der Waals surface area contributed by atoms with Crippen LogP contribution in [0.15, 0.2) is 108 Å². The Morgan fingerprint density at radius 2 is 1.55 bits per heavy atom. The van der Waals surface area contributed by atoms with Crippen LogP contribution in [0.2, 0.25) is 5.02 Å². The van der Waals surface area contributed by atoms with E-state index in [9.17, 15) is 13.2 Å². The molecule has 8 heteroatoms. The maximum Gasteiger partial charge on any atom is 0.264 e. The summed E-state index contributed by atoms with van der Waals surface area (Å²) < 4.78 is 34.1. The lowest BCUT2D eigenvalue weighted by molar-refractivity contribution is -0.120. The number of nitrogens with one attached hydrogen (secondary N) is 1. The summed E-state index contributed by atoms with van der Waals surface area (Å²) in [6, 6.07) is 29.5. The predicted octanol–water partition coefficient (Wildman–Crippen LogP) is 6.15. The lowest BCUT2D eigenvalue weighted by Crippen LogP contribution is -2.42. The molecule has 0 radical (unpaired) electrons. The smallest absolute Gasteiger partial charge is 0.264 e. The molecule has 1 N–H and O–H groups in total. The molecular weight excluding hydrogens is 520 g/mol. The van der Waals surface area contributed by atoms with E-state index in [4.69, 9.17) is 16.3 Å². The van der Waals surface area contributed by atoms with Gasteiger partial charge in [0.1, 0.15) is 12.3 Å². The summed E-state index contributed by atoms with van der Waals surface area (Å²) in [5.74, 6) is 0.153. The second kappa shape index (κ2) is 12.2. The van der Waals surface area contributed by atoms with Gasteiger partial charge in [-0.3, -0.25) is 9.10 Å². The first-order valence-corrected chi connectivity index (χ1v) is 14.0. The third kappa shape index (κ3) is 6.54. The fourth-order valence-corrected chi connectivity index (χ4v) is 5.66. The Balaban J connectivity index is 1.68. The van der Waals surface area contributed by atoms with Crippen molar-refractivity contribution >= 4 is 33.2 Å². The second-order valence-electron chi connectivity index (χ2n) is 8.72. The van der Waals surface area contributed by atoms with Gasteiger partial charge in [0, 0.05) is 5.02 Å². The van der Waals surface area contributed by atoms with Crippen LogP contribution in [-0.4, -0.2) is 27.5 Å². The molecule has 1 unspecified atom stereocenters. The average Bonchev–Trinajstić information content (AvgIpc) is 2.92. The van der Waals surface area contributed by atoms with E-state index in [-0.39, 0.29) is 4.90 Å². The van der Waals surface area contributed by atoms with Crippen LogP contribution in [0.5, 0.6) is 5.75 Å². The minimum absolute atomic E-state index is 0.0295. The Kier molecular flexibility index (Phi) is 8.71. The molecule has 6 nitrogen and oxygen atoms in total. The quantitative estimate of drug-likeness (QED) is 0.258. The molecular formula is C30H29ClN2O4S. The number of hydrogen-bond acceptors (Lipinski definition) is 4. The van der Waals surface area contributed by atoms with E-state index < -0.39 is 28.5 Å². The molecule has 0 heterocycles. The minimum Gasteiger partial charge on any atom is -0.494 e. The van der Waals surface area contributed by atoms with Gasteiger partial charge in [0.05, 0.1) is 23.2 Å². The number of benzene rings is 4. The van der Waals surface area contributed by atoms with E-state index in [2.05, 4.69) is 5.32 Å². The molecule has 0 aromatic heterocycles. The van der Waals surface area contributed by atoms with E-state index in [0.717, 1.165) is 21.0 Å². The van der Waals surface area contributed by atoms with Crippen molar-refractivity contribution in [2.45, 2.75) is 24.8 Å². The van der Waals surface area contributed by atoms with Gasteiger partial charge in [0.25, 0.3) is 10.0 Å². The molecule has 4 aromatic carbocycles. The highest BCUT2D eigenvalue weighted by molar-refractivity contribution is 7.92. The highest BCUT2D eigenvalue weighted by Crippen LogP contribution is 2.28. The first-order chi connectivity index (χ1) is 18.3. The molecule has 0 aliphatic rings. The van der Waals surface area contributed by atoms with Gasteiger partial charge in [-0.05, 0) is 73.5 Å². The number of sulfonamides is 1. The van der Waals surface area contributed by atoms with Gasteiger partial charge in [0.2, 0.25) is 5.91 Å². The van der Waals surface area contributed by atoms with Gasteiger partial charge in [-0.15, -0.1) is 0 Å². The fraction of sp³-hybridized carbons (Fsp3) is 0.167. The number of aryl methyl sites for hydroxylation is 1. The fourth-order valence-electron chi connectivity index (χ4n) is 4.12. The van der Waals surface area contributed by atoms with Gasteiger partial charge in [-0.2, -0.15) is 0 Å². The SMILES string of the molecule is CCOc1ccc(N(CC(=O)NC(c2ccccc2)c2cccc(C)c2)S(=O)(=O)c2ccc(Cl)cc2)cc1. The molecule has 0 fully saturated rings. The molecule has 0 saturated carbocycles.